The number of aldehydes is 1. The van der Waals surface area contributed by atoms with Crippen molar-refractivity contribution in [2.24, 2.45) is 0 Å². The van der Waals surface area contributed by atoms with Gasteiger partial charge in [0.2, 0.25) is 5.13 Å². The molecule has 17 heavy (non-hydrogen) atoms. The lowest BCUT2D eigenvalue weighted by Gasteiger charge is -2.03. The molecule has 0 fully saturated rings. The zero-order valence-electron chi connectivity index (χ0n) is 9.41. The van der Waals surface area contributed by atoms with E-state index in [1.807, 2.05) is 19.0 Å². The zero-order chi connectivity index (χ0) is 12.3. The molecule has 0 atom stereocenters. The summed E-state index contributed by atoms with van der Waals surface area (Å²) in [6.07, 6.45) is 0.698. The minimum absolute atomic E-state index is 0.354. The third-order valence-electron chi connectivity index (χ3n) is 1.91. The summed E-state index contributed by atoms with van der Waals surface area (Å²) in [6, 6.07) is 3.46. The topological polar surface area (TPSA) is 59.2 Å². The summed E-state index contributed by atoms with van der Waals surface area (Å²) >= 11 is 3.07. The van der Waals surface area contributed by atoms with E-state index in [0.29, 0.717) is 17.8 Å². The Morgan fingerprint density at radius 2 is 2.29 bits per heavy atom. The lowest BCUT2D eigenvalue weighted by Crippen LogP contribution is -2.07. The molecule has 0 aliphatic rings. The maximum Gasteiger partial charge on any atom is 0.208 e. The maximum absolute atomic E-state index is 10.4. The molecule has 0 unspecified atom stereocenters. The second-order valence-corrected chi connectivity index (χ2v) is 5.63. The van der Waals surface area contributed by atoms with Crippen LogP contribution >= 0.6 is 23.1 Å². The minimum atomic E-state index is 0.354. The molecule has 0 aromatic carbocycles. The number of nitrogens with zero attached hydrogens (tertiary/aromatic N) is 3. The van der Waals surface area contributed by atoms with Crippen LogP contribution in [-0.4, -0.2) is 30.6 Å². The summed E-state index contributed by atoms with van der Waals surface area (Å²) < 4.78 is 6.15. The average Bonchev–Trinajstić information content (AvgIpc) is 2.95. The molecule has 2 heterocycles. The van der Waals surface area contributed by atoms with Crippen LogP contribution in [0.15, 0.2) is 20.9 Å². The van der Waals surface area contributed by atoms with Crippen LogP contribution in [0.4, 0.5) is 5.13 Å². The molecule has 0 saturated carbocycles. The highest BCUT2D eigenvalue weighted by Gasteiger charge is 2.08. The van der Waals surface area contributed by atoms with Crippen LogP contribution in [0.5, 0.6) is 0 Å². The van der Waals surface area contributed by atoms with Crippen molar-refractivity contribution in [3.8, 4) is 0 Å². The number of anilines is 1. The molecule has 0 radical (unpaired) electrons. The van der Waals surface area contributed by atoms with Crippen LogP contribution in [0.3, 0.4) is 0 Å². The lowest BCUT2D eigenvalue weighted by molar-refractivity contribution is 0.109. The van der Waals surface area contributed by atoms with E-state index >= 15 is 0 Å². The molecular weight excluding hydrogens is 258 g/mol. The number of aromatic nitrogens is 2. The minimum Gasteiger partial charge on any atom is -0.457 e. The fourth-order valence-electron chi connectivity index (χ4n) is 1.11. The highest BCUT2D eigenvalue weighted by Crippen LogP contribution is 2.29. The van der Waals surface area contributed by atoms with Gasteiger partial charge in [-0.2, -0.15) is 0 Å². The number of hydrogen-bond donors (Lipinski definition) is 0. The van der Waals surface area contributed by atoms with Gasteiger partial charge in [-0.15, -0.1) is 10.2 Å². The summed E-state index contributed by atoms with van der Waals surface area (Å²) in [5.41, 5.74) is 0. The summed E-state index contributed by atoms with van der Waals surface area (Å²) in [6.45, 7) is 0. The smallest absolute Gasteiger partial charge is 0.208 e. The summed E-state index contributed by atoms with van der Waals surface area (Å²) in [4.78, 5) is 12.4. The molecular formula is C10H11N3O2S2. The number of carbonyl (C=O) groups excluding carboxylic acids is 1. The number of thioether (sulfide) groups is 1. The quantitative estimate of drug-likeness (QED) is 0.613. The van der Waals surface area contributed by atoms with Crippen LogP contribution in [0.25, 0.3) is 0 Å². The van der Waals surface area contributed by atoms with Crippen molar-refractivity contribution in [2.75, 3.05) is 19.0 Å². The Labute approximate surface area is 107 Å². The first-order valence-corrected chi connectivity index (χ1v) is 6.67. The summed E-state index contributed by atoms with van der Waals surface area (Å²) in [7, 11) is 3.86. The average molecular weight is 269 g/mol. The molecule has 7 heteroatoms. The van der Waals surface area contributed by atoms with Crippen LogP contribution in [0, 0.1) is 0 Å². The van der Waals surface area contributed by atoms with E-state index in [1.165, 1.54) is 11.3 Å². The largest absolute Gasteiger partial charge is 0.457 e. The van der Waals surface area contributed by atoms with Gasteiger partial charge >= 0.3 is 0 Å². The van der Waals surface area contributed by atoms with Crippen LogP contribution in [-0.2, 0) is 5.75 Å². The molecule has 2 rings (SSSR count). The van der Waals surface area contributed by atoms with Gasteiger partial charge in [-0.25, -0.2) is 0 Å². The van der Waals surface area contributed by atoms with E-state index in [1.54, 1.807) is 23.9 Å². The Balaban J connectivity index is 1.94. The Hall–Kier alpha value is -1.34. The number of hydrogen-bond acceptors (Lipinski definition) is 7. The lowest BCUT2D eigenvalue weighted by atomic mass is 10.4. The van der Waals surface area contributed by atoms with Gasteiger partial charge in [0.15, 0.2) is 16.4 Å². The highest BCUT2D eigenvalue weighted by molar-refractivity contribution is 8.00. The number of furan rings is 1. The van der Waals surface area contributed by atoms with Crippen molar-refractivity contribution < 1.29 is 9.21 Å². The van der Waals surface area contributed by atoms with Crippen LogP contribution in [0.2, 0.25) is 0 Å². The fraction of sp³-hybridized carbons (Fsp3) is 0.300. The van der Waals surface area contributed by atoms with Gasteiger partial charge in [-0.3, -0.25) is 4.79 Å². The van der Waals surface area contributed by atoms with E-state index in [0.717, 1.165) is 15.2 Å². The van der Waals surface area contributed by atoms with E-state index in [-0.39, 0.29) is 0 Å². The first kappa shape index (κ1) is 12.1. The molecule has 90 valence electrons. The van der Waals surface area contributed by atoms with E-state index in [4.69, 9.17) is 4.42 Å². The zero-order valence-corrected chi connectivity index (χ0v) is 11.0. The predicted molar refractivity (Wildman–Crippen MR) is 67.9 cm³/mol. The van der Waals surface area contributed by atoms with Crippen molar-refractivity contribution in [1.29, 1.82) is 0 Å². The molecule has 2 aromatic rings. The van der Waals surface area contributed by atoms with Crippen molar-refractivity contribution >= 4 is 34.5 Å². The molecule has 0 aliphatic carbocycles. The first-order chi connectivity index (χ1) is 8.19. The van der Waals surface area contributed by atoms with E-state index in [2.05, 4.69) is 10.2 Å². The van der Waals surface area contributed by atoms with Gasteiger partial charge in [0.25, 0.3) is 0 Å². The van der Waals surface area contributed by atoms with Crippen molar-refractivity contribution in [2.45, 2.75) is 10.1 Å². The van der Waals surface area contributed by atoms with Crippen LogP contribution in [0.1, 0.15) is 16.3 Å². The summed E-state index contributed by atoms with van der Waals surface area (Å²) in [5, 5.41) is 8.97. The first-order valence-electron chi connectivity index (χ1n) is 4.86. The third kappa shape index (κ3) is 3.07. The van der Waals surface area contributed by atoms with Gasteiger partial charge < -0.3 is 9.32 Å². The maximum atomic E-state index is 10.4. The number of rotatable bonds is 5. The monoisotopic (exact) mass is 269 g/mol. The van der Waals surface area contributed by atoms with Crippen LogP contribution < -0.4 is 4.90 Å². The van der Waals surface area contributed by atoms with E-state index in [9.17, 15) is 4.79 Å². The van der Waals surface area contributed by atoms with Crippen molar-refractivity contribution in [3.63, 3.8) is 0 Å². The van der Waals surface area contributed by atoms with Gasteiger partial charge in [0, 0.05) is 14.1 Å². The Morgan fingerprint density at radius 1 is 1.47 bits per heavy atom. The van der Waals surface area contributed by atoms with Crippen molar-refractivity contribution in [3.05, 3.63) is 23.7 Å². The van der Waals surface area contributed by atoms with Gasteiger partial charge in [-0.05, 0) is 12.1 Å². The third-order valence-corrected chi connectivity index (χ3v) is 4.16. The molecule has 0 spiro atoms. The molecule has 0 saturated heterocycles. The Kier molecular flexibility index (Phi) is 3.80. The standard InChI is InChI=1S/C10H11N3O2S2/c1-13(2)9-11-12-10(17-9)16-6-8-4-3-7(5-14)15-8/h3-5H,6H2,1-2H3. The molecule has 0 amide bonds. The predicted octanol–water partition coefficient (Wildman–Crippen LogP) is 2.30. The normalized spacial score (nSPS) is 10.5. The Morgan fingerprint density at radius 3 is 2.88 bits per heavy atom. The molecule has 0 aliphatic heterocycles. The summed E-state index contributed by atoms with van der Waals surface area (Å²) in [5.74, 6) is 1.76. The second kappa shape index (κ2) is 5.33. The van der Waals surface area contributed by atoms with Gasteiger partial charge in [0.1, 0.15) is 5.76 Å². The molecule has 5 nitrogen and oxygen atoms in total. The molecule has 0 bridgehead atoms. The molecule has 2 aromatic heterocycles. The number of carbonyl (C=O) groups is 1. The van der Waals surface area contributed by atoms with Gasteiger partial charge in [0.05, 0.1) is 5.75 Å². The van der Waals surface area contributed by atoms with Gasteiger partial charge in [-0.1, -0.05) is 23.1 Å². The van der Waals surface area contributed by atoms with Crippen molar-refractivity contribution in [1.82, 2.24) is 10.2 Å². The Bertz CT molecular complexity index is 507. The van der Waals surface area contributed by atoms with E-state index < -0.39 is 0 Å². The fourth-order valence-corrected chi connectivity index (χ4v) is 2.77. The highest BCUT2D eigenvalue weighted by atomic mass is 32.2. The molecule has 0 N–H and O–H groups in total. The SMILES string of the molecule is CN(C)c1nnc(SCc2ccc(C=O)o2)s1. The second-order valence-electron chi connectivity index (χ2n) is 3.46.